The maximum absolute atomic E-state index is 12.1. The lowest BCUT2D eigenvalue weighted by molar-refractivity contribution is -0.141. The van der Waals surface area contributed by atoms with Crippen molar-refractivity contribution in [3.8, 4) is 5.69 Å². The molecule has 6 nitrogen and oxygen atoms in total. The highest BCUT2D eigenvalue weighted by atomic mass is 16.5. The number of methoxy groups -OCH3 is 1. The van der Waals surface area contributed by atoms with Gasteiger partial charge in [0.15, 0.2) is 0 Å². The first-order valence-corrected chi connectivity index (χ1v) is 6.02. The zero-order valence-corrected chi connectivity index (χ0v) is 11.3. The summed E-state index contributed by atoms with van der Waals surface area (Å²) in [5.41, 5.74) is 1.43. The fraction of sp³-hybridized carbons (Fsp3) is 0.214. The lowest BCUT2D eigenvalue weighted by atomic mass is 10.2. The molecule has 2 rings (SSSR count). The maximum atomic E-state index is 12.1. The number of carbonyl (C=O) groups is 2. The molecule has 1 amide bonds. The Bertz CT molecular complexity index is 591. The molecule has 0 saturated heterocycles. The third kappa shape index (κ3) is 3.03. The van der Waals surface area contributed by atoms with Crippen LogP contribution in [0.25, 0.3) is 5.69 Å². The van der Waals surface area contributed by atoms with E-state index in [1.165, 1.54) is 12.0 Å². The fourth-order valence-electron chi connectivity index (χ4n) is 1.74. The molecule has 1 aromatic heterocycles. The zero-order valence-electron chi connectivity index (χ0n) is 11.3. The smallest absolute Gasteiger partial charge is 0.325 e. The number of hydrogen-bond acceptors (Lipinski definition) is 4. The van der Waals surface area contributed by atoms with Crippen molar-refractivity contribution in [1.29, 1.82) is 0 Å². The highest BCUT2D eigenvalue weighted by molar-refractivity contribution is 5.95. The molecule has 0 atom stereocenters. The van der Waals surface area contributed by atoms with E-state index in [-0.39, 0.29) is 12.5 Å². The van der Waals surface area contributed by atoms with Gasteiger partial charge in [0.2, 0.25) is 0 Å². The summed E-state index contributed by atoms with van der Waals surface area (Å²) in [7, 11) is 2.85. The van der Waals surface area contributed by atoms with Crippen LogP contribution in [0.1, 0.15) is 10.4 Å². The van der Waals surface area contributed by atoms with Crippen molar-refractivity contribution in [2.45, 2.75) is 0 Å². The molecular formula is C14H15N3O3. The standard InChI is InChI=1S/C14H15N3O3/c1-16(9-13(18)20-2)14(19)11-3-5-12(6-4-11)17-8-7-15-10-17/h3-8,10H,9H2,1-2H3. The van der Waals surface area contributed by atoms with E-state index in [0.717, 1.165) is 5.69 Å². The van der Waals surface area contributed by atoms with Gasteiger partial charge >= 0.3 is 5.97 Å². The minimum atomic E-state index is -0.448. The summed E-state index contributed by atoms with van der Waals surface area (Å²) in [6.07, 6.45) is 5.18. The number of ether oxygens (including phenoxy) is 1. The molecule has 0 spiro atoms. The molecule has 104 valence electrons. The molecule has 2 aromatic rings. The average molecular weight is 273 g/mol. The second-order valence-electron chi connectivity index (χ2n) is 4.25. The van der Waals surface area contributed by atoms with E-state index in [0.29, 0.717) is 5.56 Å². The van der Waals surface area contributed by atoms with Crippen molar-refractivity contribution >= 4 is 11.9 Å². The minimum absolute atomic E-state index is 0.0708. The van der Waals surface area contributed by atoms with Crippen LogP contribution in [-0.2, 0) is 9.53 Å². The molecule has 0 aliphatic heterocycles. The normalized spacial score (nSPS) is 10.1. The average Bonchev–Trinajstić information content (AvgIpc) is 3.00. The van der Waals surface area contributed by atoms with E-state index in [1.54, 1.807) is 31.7 Å². The number of amides is 1. The van der Waals surface area contributed by atoms with Crippen molar-refractivity contribution < 1.29 is 14.3 Å². The summed E-state index contributed by atoms with van der Waals surface area (Å²) in [6.45, 7) is -0.0708. The molecule has 0 aliphatic rings. The number of likely N-dealkylation sites (N-methyl/N-ethyl adjacent to an activating group) is 1. The molecule has 1 aromatic carbocycles. The van der Waals surface area contributed by atoms with Crippen molar-refractivity contribution in [3.05, 3.63) is 48.5 Å². The van der Waals surface area contributed by atoms with Gasteiger partial charge in [-0.15, -0.1) is 0 Å². The van der Waals surface area contributed by atoms with Crippen LogP contribution in [0.5, 0.6) is 0 Å². The summed E-state index contributed by atoms with van der Waals surface area (Å²) in [5.74, 6) is -0.677. The molecule has 0 bridgehead atoms. The van der Waals surface area contributed by atoms with Gasteiger partial charge in [-0.2, -0.15) is 0 Å². The second-order valence-corrected chi connectivity index (χ2v) is 4.25. The van der Waals surface area contributed by atoms with Crippen LogP contribution in [0.2, 0.25) is 0 Å². The van der Waals surface area contributed by atoms with Gasteiger partial charge in [0.25, 0.3) is 5.91 Å². The van der Waals surface area contributed by atoms with E-state index >= 15 is 0 Å². The number of hydrogen-bond donors (Lipinski definition) is 0. The highest BCUT2D eigenvalue weighted by Crippen LogP contribution is 2.10. The third-order valence-electron chi connectivity index (χ3n) is 2.86. The summed E-state index contributed by atoms with van der Waals surface area (Å²) in [6, 6.07) is 7.07. The molecular weight excluding hydrogens is 258 g/mol. The van der Waals surface area contributed by atoms with Crippen LogP contribution in [0.3, 0.4) is 0 Å². The topological polar surface area (TPSA) is 64.4 Å². The summed E-state index contributed by atoms with van der Waals surface area (Å²) in [5, 5.41) is 0. The van der Waals surface area contributed by atoms with E-state index in [9.17, 15) is 9.59 Å². The summed E-state index contributed by atoms with van der Waals surface area (Å²) >= 11 is 0. The second kappa shape index (κ2) is 6.01. The van der Waals surface area contributed by atoms with E-state index in [1.807, 2.05) is 22.9 Å². The Morgan fingerprint density at radius 2 is 2.00 bits per heavy atom. The number of imidazole rings is 1. The van der Waals surface area contributed by atoms with E-state index in [4.69, 9.17) is 0 Å². The molecule has 0 aliphatic carbocycles. The van der Waals surface area contributed by atoms with Crippen LogP contribution in [0.4, 0.5) is 0 Å². The fourth-order valence-corrected chi connectivity index (χ4v) is 1.74. The largest absolute Gasteiger partial charge is 0.468 e. The van der Waals surface area contributed by atoms with Crippen molar-refractivity contribution in [3.63, 3.8) is 0 Å². The Morgan fingerprint density at radius 3 is 2.55 bits per heavy atom. The molecule has 20 heavy (non-hydrogen) atoms. The Hall–Kier alpha value is -2.63. The number of aromatic nitrogens is 2. The SMILES string of the molecule is COC(=O)CN(C)C(=O)c1ccc(-n2ccnc2)cc1. The molecule has 0 unspecified atom stereocenters. The highest BCUT2D eigenvalue weighted by Gasteiger charge is 2.15. The zero-order chi connectivity index (χ0) is 14.5. The number of carbonyl (C=O) groups excluding carboxylic acids is 2. The molecule has 0 N–H and O–H groups in total. The first kappa shape index (κ1) is 13.8. The van der Waals surface area contributed by atoms with Crippen LogP contribution in [0.15, 0.2) is 43.0 Å². The summed E-state index contributed by atoms with van der Waals surface area (Å²) in [4.78, 5) is 28.5. The lowest BCUT2D eigenvalue weighted by Gasteiger charge is -2.15. The predicted octanol–water partition coefficient (Wildman–Crippen LogP) is 1.12. The quantitative estimate of drug-likeness (QED) is 0.783. The molecule has 1 heterocycles. The van der Waals surface area contributed by atoms with Crippen molar-refractivity contribution in [2.24, 2.45) is 0 Å². The lowest BCUT2D eigenvalue weighted by Crippen LogP contribution is -2.32. The first-order valence-electron chi connectivity index (χ1n) is 6.02. The number of esters is 1. The Morgan fingerprint density at radius 1 is 1.30 bits per heavy atom. The predicted molar refractivity (Wildman–Crippen MR) is 72.5 cm³/mol. The van der Waals surface area contributed by atoms with Gasteiger partial charge in [-0.1, -0.05) is 0 Å². The van der Waals surface area contributed by atoms with Gasteiger partial charge in [0, 0.05) is 30.7 Å². The van der Waals surface area contributed by atoms with E-state index in [2.05, 4.69) is 9.72 Å². The Labute approximate surface area is 116 Å². The van der Waals surface area contributed by atoms with Gasteiger partial charge in [0.1, 0.15) is 6.54 Å². The number of rotatable bonds is 4. The van der Waals surface area contributed by atoms with Crippen LogP contribution >= 0.6 is 0 Å². The van der Waals surface area contributed by atoms with Crippen LogP contribution in [-0.4, -0.2) is 47.0 Å². The number of benzene rings is 1. The monoisotopic (exact) mass is 273 g/mol. The Kier molecular flexibility index (Phi) is 4.14. The third-order valence-corrected chi connectivity index (χ3v) is 2.86. The first-order chi connectivity index (χ1) is 9.61. The van der Waals surface area contributed by atoms with Gasteiger partial charge < -0.3 is 14.2 Å². The van der Waals surface area contributed by atoms with Crippen LogP contribution in [0, 0.1) is 0 Å². The minimum Gasteiger partial charge on any atom is -0.468 e. The molecule has 6 heteroatoms. The molecule has 0 radical (unpaired) electrons. The van der Waals surface area contributed by atoms with E-state index < -0.39 is 5.97 Å². The van der Waals surface area contributed by atoms with Crippen molar-refractivity contribution in [1.82, 2.24) is 14.5 Å². The number of nitrogens with zero attached hydrogens (tertiary/aromatic N) is 3. The van der Waals surface area contributed by atoms with Gasteiger partial charge in [-0.05, 0) is 24.3 Å². The van der Waals surface area contributed by atoms with Gasteiger partial charge in [0.05, 0.1) is 13.4 Å². The summed E-state index contributed by atoms with van der Waals surface area (Å²) < 4.78 is 6.37. The Balaban J connectivity index is 2.09. The van der Waals surface area contributed by atoms with Crippen molar-refractivity contribution in [2.75, 3.05) is 20.7 Å². The van der Waals surface area contributed by atoms with Gasteiger partial charge in [-0.25, -0.2) is 4.98 Å². The maximum Gasteiger partial charge on any atom is 0.325 e. The molecule has 0 fully saturated rings. The van der Waals surface area contributed by atoms with Crippen LogP contribution < -0.4 is 0 Å². The van der Waals surface area contributed by atoms with Gasteiger partial charge in [-0.3, -0.25) is 9.59 Å². The molecule has 0 saturated carbocycles.